The number of carbonyl (C=O) groups excluding carboxylic acids is 1. The van der Waals surface area contributed by atoms with Gasteiger partial charge in [-0.1, -0.05) is 42.5 Å². The first-order valence-electron chi connectivity index (χ1n) is 6.61. The highest BCUT2D eigenvalue weighted by molar-refractivity contribution is 5.90. The number of benzene rings is 2. The van der Waals surface area contributed by atoms with E-state index in [1.165, 1.54) is 7.11 Å². The summed E-state index contributed by atoms with van der Waals surface area (Å²) in [6.45, 7) is 0.130. The SMILES string of the molecule is COc1ccccc1NC(=O)NCC(O)c1ccccc1. The smallest absolute Gasteiger partial charge is 0.319 e. The monoisotopic (exact) mass is 286 g/mol. The number of methoxy groups -OCH3 is 1. The first-order chi connectivity index (χ1) is 10.2. The Kier molecular flexibility index (Phi) is 5.17. The zero-order valence-electron chi connectivity index (χ0n) is 11.7. The van der Waals surface area contributed by atoms with Crippen LogP contribution in [0.3, 0.4) is 0 Å². The van der Waals surface area contributed by atoms with Crippen molar-refractivity contribution in [2.45, 2.75) is 6.10 Å². The highest BCUT2D eigenvalue weighted by Crippen LogP contribution is 2.22. The van der Waals surface area contributed by atoms with Crippen LogP contribution in [0.1, 0.15) is 11.7 Å². The topological polar surface area (TPSA) is 70.6 Å². The highest BCUT2D eigenvalue weighted by atomic mass is 16.5. The molecule has 3 N–H and O–H groups in total. The maximum absolute atomic E-state index is 11.8. The summed E-state index contributed by atoms with van der Waals surface area (Å²) in [5.41, 5.74) is 1.33. The average molecular weight is 286 g/mol. The van der Waals surface area contributed by atoms with Gasteiger partial charge >= 0.3 is 6.03 Å². The molecule has 21 heavy (non-hydrogen) atoms. The molecular weight excluding hydrogens is 268 g/mol. The lowest BCUT2D eigenvalue weighted by Crippen LogP contribution is -2.32. The lowest BCUT2D eigenvalue weighted by molar-refractivity contribution is 0.175. The van der Waals surface area contributed by atoms with E-state index in [4.69, 9.17) is 4.74 Å². The number of hydrogen-bond acceptors (Lipinski definition) is 3. The lowest BCUT2D eigenvalue weighted by Gasteiger charge is -2.14. The van der Waals surface area contributed by atoms with E-state index in [2.05, 4.69) is 10.6 Å². The van der Waals surface area contributed by atoms with E-state index in [1.54, 1.807) is 18.2 Å². The third-order valence-electron chi connectivity index (χ3n) is 3.00. The van der Waals surface area contributed by atoms with Crippen LogP contribution in [0.5, 0.6) is 5.75 Å². The zero-order valence-corrected chi connectivity index (χ0v) is 11.7. The molecule has 5 heteroatoms. The minimum absolute atomic E-state index is 0.130. The van der Waals surface area contributed by atoms with E-state index in [0.29, 0.717) is 11.4 Å². The standard InChI is InChI=1S/C16H18N2O3/c1-21-15-10-6-5-9-13(15)18-16(20)17-11-14(19)12-7-3-2-4-8-12/h2-10,14,19H,11H2,1H3,(H2,17,18,20). The molecule has 2 aromatic rings. The Hall–Kier alpha value is -2.53. The number of carbonyl (C=O) groups is 1. The van der Waals surface area contributed by atoms with Crippen LogP contribution in [0, 0.1) is 0 Å². The van der Waals surface area contributed by atoms with Crippen LogP contribution in [0.2, 0.25) is 0 Å². The Bertz CT molecular complexity index is 587. The van der Waals surface area contributed by atoms with E-state index in [9.17, 15) is 9.90 Å². The lowest BCUT2D eigenvalue weighted by atomic mass is 10.1. The molecule has 0 aromatic heterocycles. The molecule has 0 aliphatic heterocycles. The fourth-order valence-corrected chi connectivity index (χ4v) is 1.90. The summed E-state index contributed by atoms with van der Waals surface area (Å²) in [6, 6.07) is 15.9. The van der Waals surface area contributed by atoms with Gasteiger partial charge in [-0.2, -0.15) is 0 Å². The van der Waals surface area contributed by atoms with Gasteiger partial charge in [-0.05, 0) is 17.7 Å². The second-order valence-corrected chi connectivity index (χ2v) is 4.46. The summed E-state index contributed by atoms with van der Waals surface area (Å²) in [7, 11) is 1.54. The van der Waals surface area contributed by atoms with Gasteiger partial charge in [-0.15, -0.1) is 0 Å². The number of nitrogens with one attached hydrogen (secondary N) is 2. The summed E-state index contributed by atoms with van der Waals surface area (Å²) in [5, 5.41) is 15.3. The van der Waals surface area contributed by atoms with E-state index in [0.717, 1.165) is 5.56 Å². The number of aliphatic hydroxyl groups is 1. The average Bonchev–Trinajstić information content (AvgIpc) is 2.54. The molecule has 0 radical (unpaired) electrons. The van der Waals surface area contributed by atoms with Crippen molar-refractivity contribution >= 4 is 11.7 Å². The number of amides is 2. The van der Waals surface area contributed by atoms with Crippen molar-refractivity contribution in [1.29, 1.82) is 0 Å². The summed E-state index contributed by atoms with van der Waals surface area (Å²) in [4.78, 5) is 11.8. The van der Waals surface area contributed by atoms with Crippen LogP contribution in [0.25, 0.3) is 0 Å². The van der Waals surface area contributed by atoms with Gasteiger partial charge < -0.3 is 20.5 Å². The number of urea groups is 1. The summed E-state index contributed by atoms with van der Waals surface area (Å²) in [6.07, 6.45) is -0.741. The van der Waals surface area contributed by atoms with Gasteiger partial charge in [0, 0.05) is 6.54 Å². The van der Waals surface area contributed by atoms with Crippen LogP contribution in [-0.2, 0) is 0 Å². The van der Waals surface area contributed by atoms with Crippen LogP contribution in [0.4, 0.5) is 10.5 Å². The van der Waals surface area contributed by atoms with Crippen LogP contribution in [-0.4, -0.2) is 24.8 Å². The van der Waals surface area contributed by atoms with Crippen molar-refractivity contribution in [3.8, 4) is 5.75 Å². The van der Waals surface area contributed by atoms with Gasteiger partial charge in [0.2, 0.25) is 0 Å². The number of rotatable bonds is 5. The van der Waals surface area contributed by atoms with Crippen molar-refractivity contribution in [2.24, 2.45) is 0 Å². The van der Waals surface area contributed by atoms with Crippen LogP contribution in [0.15, 0.2) is 54.6 Å². The molecule has 0 fully saturated rings. The fourth-order valence-electron chi connectivity index (χ4n) is 1.90. The molecule has 0 saturated carbocycles. The molecule has 0 bridgehead atoms. The molecule has 2 aromatic carbocycles. The van der Waals surface area contributed by atoms with Crippen molar-refractivity contribution in [3.05, 3.63) is 60.2 Å². The van der Waals surface area contributed by atoms with E-state index < -0.39 is 12.1 Å². The van der Waals surface area contributed by atoms with Gasteiger partial charge in [0.1, 0.15) is 5.75 Å². The molecule has 0 aliphatic carbocycles. The normalized spacial score (nSPS) is 11.5. The third kappa shape index (κ3) is 4.22. The quantitative estimate of drug-likeness (QED) is 0.791. The summed E-state index contributed by atoms with van der Waals surface area (Å²) >= 11 is 0. The molecule has 1 unspecified atom stereocenters. The largest absolute Gasteiger partial charge is 0.495 e. The van der Waals surface area contributed by atoms with Gasteiger partial charge in [0.25, 0.3) is 0 Å². The maximum Gasteiger partial charge on any atom is 0.319 e. The van der Waals surface area contributed by atoms with Crippen molar-refractivity contribution in [2.75, 3.05) is 19.0 Å². The summed E-state index contributed by atoms with van der Waals surface area (Å²) < 4.78 is 5.15. The van der Waals surface area contributed by atoms with E-state index in [1.807, 2.05) is 36.4 Å². The number of anilines is 1. The molecule has 0 aliphatic rings. The molecule has 2 amide bonds. The Morgan fingerprint density at radius 3 is 2.52 bits per heavy atom. The van der Waals surface area contributed by atoms with E-state index >= 15 is 0 Å². The molecule has 0 saturated heterocycles. The van der Waals surface area contributed by atoms with Crippen molar-refractivity contribution in [3.63, 3.8) is 0 Å². The number of para-hydroxylation sites is 2. The van der Waals surface area contributed by atoms with Crippen molar-refractivity contribution < 1.29 is 14.6 Å². The molecule has 2 rings (SSSR count). The molecule has 110 valence electrons. The molecule has 0 heterocycles. The molecule has 1 atom stereocenters. The van der Waals surface area contributed by atoms with Gasteiger partial charge in [0.05, 0.1) is 18.9 Å². The molecule has 5 nitrogen and oxygen atoms in total. The van der Waals surface area contributed by atoms with Crippen LogP contribution >= 0.6 is 0 Å². The first kappa shape index (κ1) is 14.9. The minimum Gasteiger partial charge on any atom is -0.495 e. The Morgan fingerprint density at radius 2 is 1.81 bits per heavy atom. The second kappa shape index (κ2) is 7.31. The predicted molar refractivity (Wildman–Crippen MR) is 81.4 cm³/mol. The zero-order chi connectivity index (χ0) is 15.1. The molecule has 0 spiro atoms. The van der Waals surface area contributed by atoms with Gasteiger partial charge in [-0.3, -0.25) is 0 Å². The number of ether oxygens (including phenoxy) is 1. The Labute approximate surface area is 123 Å². The molecular formula is C16H18N2O3. The number of hydrogen-bond donors (Lipinski definition) is 3. The van der Waals surface area contributed by atoms with Gasteiger partial charge in [-0.25, -0.2) is 4.79 Å². The van der Waals surface area contributed by atoms with E-state index in [-0.39, 0.29) is 6.54 Å². The predicted octanol–water partition coefficient (Wildman–Crippen LogP) is 2.55. The van der Waals surface area contributed by atoms with Gasteiger partial charge in [0.15, 0.2) is 0 Å². The number of aliphatic hydroxyl groups excluding tert-OH is 1. The minimum atomic E-state index is -0.741. The highest BCUT2D eigenvalue weighted by Gasteiger charge is 2.10. The second-order valence-electron chi connectivity index (χ2n) is 4.46. The Balaban J connectivity index is 1.88. The first-order valence-corrected chi connectivity index (χ1v) is 6.61. The summed E-state index contributed by atoms with van der Waals surface area (Å²) in [5.74, 6) is 0.580. The maximum atomic E-state index is 11.8. The van der Waals surface area contributed by atoms with Crippen LogP contribution < -0.4 is 15.4 Å². The Morgan fingerprint density at radius 1 is 1.14 bits per heavy atom. The third-order valence-corrected chi connectivity index (χ3v) is 3.00. The fraction of sp³-hybridized carbons (Fsp3) is 0.188. The van der Waals surface area contributed by atoms with Crippen molar-refractivity contribution in [1.82, 2.24) is 5.32 Å².